The number of hydrogen-bond acceptors (Lipinski definition) is 5. The molecule has 27 heavy (non-hydrogen) atoms. The number of benzene rings is 1. The lowest BCUT2D eigenvalue weighted by molar-refractivity contribution is -0.136. The largest absolute Gasteiger partial charge is 0.497 e. The fraction of sp³-hybridized carbons (Fsp3) is 0.118. The lowest BCUT2D eigenvalue weighted by Crippen LogP contribution is -2.20. The molecule has 0 spiro atoms. The van der Waals surface area contributed by atoms with Crippen molar-refractivity contribution in [2.24, 2.45) is 0 Å². The molecule has 0 amide bonds. The third kappa shape index (κ3) is 2.87. The van der Waals surface area contributed by atoms with Gasteiger partial charge in [-0.3, -0.25) is 9.78 Å². The van der Waals surface area contributed by atoms with Gasteiger partial charge in [-0.05, 0) is 18.2 Å². The van der Waals surface area contributed by atoms with Gasteiger partial charge >= 0.3 is 11.9 Å². The number of hydrogen-bond donors (Lipinski definition) is 2. The predicted molar refractivity (Wildman–Crippen MR) is 95.4 cm³/mol. The maximum absolute atomic E-state index is 13.7. The van der Waals surface area contributed by atoms with Gasteiger partial charge in [0, 0.05) is 10.9 Å². The number of aromatic amines is 2. The maximum atomic E-state index is 13.7. The van der Waals surface area contributed by atoms with Crippen LogP contribution >= 0.6 is 11.3 Å². The second kappa shape index (κ2) is 5.95. The summed E-state index contributed by atoms with van der Waals surface area (Å²) in [4.78, 5) is 32.1. The van der Waals surface area contributed by atoms with Gasteiger partial charge in [0.2, 0.25) is 0 Å². The number of nitrogens with zero attached hydrogens (tertiary/aromatic N) is 1. The van der Waals surface area contributed by atoms with Gasteiger partial charge in [-0.2, -0.15) is 13.2 Å². The summed E-state index contributed by atoms with van der Waals surface area (Å²) in [7, 11) is 1.45. The molecular formula is C17H10F3N3O3S. The smallest absolute Gasteiger partial charge is 0.417 e. The topological polar surface area (TPSA) is 87.8 Å². The van der Waals surface area contributed by atoms with Crippen molar-refractivity contribution >= 4 is 31.8 Å². The van der Waals surface area contributed by atoms with Crippen LogP contribution in [0.4, 0.5) is 13.2 Å². The Balaban J connectivity index is 2.13. The van der Waals surface area contributed by atoms with E-state index >= 15 is 0 Å². The first-order valence-electron chi connectivity index (χ1n) is 7.59. The summed E-state index contributed by atoms with van der Waals surface area (Å²) in [5, 5.41) is -0.294. The van der Waals surface area contributed by atoms with Crippen LogP contribution in [0, 0.1) is 0 Å². The summed E-state index contributed by atoms with van der Waals surface area (Å²) in [6.07, 6.45) is -4.71. The second-order valence-electron chi connectivity index (χ2n) is 5.68. The fourth-order valence-electron chi connectivity index (χ4n) is 2.84. The summed E-state index contributed by atoms with van der Waals surface area (Å²) < 4.78 is 46.3. The first-order chi connectivity index (χ1) is 12.8. The Bertz CT molecular complexity index is 1300. The molecule has 138 valence electrons. The minimum atomic E-state index is -4.71. The van der Waals surface area contributed by atoms with E-state index in [2.05, 4.69) is 9.97 Å². The number of halogens is 3. The molecule has 0 atom stereocenters. The van der Waals surface area contributed by atoms with Crippen LogP contribution in [-0.2, 0) is 6.18 Å². The van der Waals surface area contributed by atoms with E-state index in [1.54, 1.807) is 24.3 Å². The highest BCUT2D eigenvalue weighted by atomic mass is 32.1. The van der Waals surface area contributed by atoms with E-state index in [0.717, 1.165) is 17.4 Å². The number of fused-ring (bicyclic) bond motifs is 3. The van der Waals surface area contributed by atoms with Crippen molar-refractivity contribution in [3.8, 4) is 17.0 Å². The number of nitrogens with one attached hydrogen (secondary N) is 2. The van der Waals surface area contributed by atoms with Gasteiger partial charge in [-0.15, -0.1) is 11.3 Å². The number of alkyl halides is 3. The summed E-state index contributed by atoms with van der Waals surface area (Å²) in [5.74, 6) is 0.472. The van der Waals surface area contributed by atoms with Crippen molar-refractivity contribution in [3.05, 3.63) is 56.7 Å². The van der Waals surface area contributed by atoms with Crippen molar-refractivity contribution in [1.29, 1.82) is 0 Å². The van der Waals surface area contributed by atoms with Crippen molar-refractivity contribution in [2.75, 3.05) is 7.11 Å². The van der Waals surface area contributed by atoms with E-state index < -0.39 is 23.0 Å². The van der Waals surface area contributed by atoms with E-state index in [1.165, 1.54) is 7.11 Å². The molecule has 0 aliphatic rings. The Morgan fingerprint density at radius 3 is 2.63 bits per heavy atom. The lowest BCUT2D eigenvalue weighted by atomic mass is 10.1. The highest BCUT2D eigenvalue weighted by molar-refractivity contribution is 7.25. The van der Waals surface area contributed by atoms with Crippen LogP contribution in [0.25, 0.3) is 31.7 Å². The maximum Gasteiger partial charge on any atom is 0.417 e. The van der Waals surface area contributed by atoms with E-state index in [1.807, 2.05) is 4.98 Å². The first-order valence-corrected chi connectivity index (χ1v) is 8.41. The van der Waals surface area contributed by atoms with Gasteiger partial charge in [0.25, 0.3) is 5.56 Å². The molecule has 0 saturated carbocycles. The van der Waals surface area contributed by atoms with E-state index in [-0.39, 0.29) is 26.1 Å². The number of ether oxygens (including phenoxy) is 1. The highest BCUT2D eigenvalue weighted by Gasteiger charge is 2.35. The Hall–Kier alpha value is -3.14. The van der Waals surface area contributed by atoms with Crippen LogP contribution in [0.3, 0.4) is 0 Å². The molecule has 0 fully saturated rings. The van der Waals surface area contributed by atoms with Crippen LogP contribution in [0.2, 0.25) is 0 Å². The molecule has 1 aromatic carbocycles. The SMILES string of the molecule is COc1cccc(-c2cc(C(F)(F)F)c3c(n2)sc2c(=O)[nH]c(=O)[nH]c23)c1. The molecule has 0 radical (unpaired) electrons. The van der Waals surface area contributed by atoms with Crippen molar-refractivity contribution in [1.82, 2.24) is 15.0 Å². The quantitative estimate of drug-likeness (QED) is 0.546. The third-order valence-electron chi connectivity index (χ3n) is 4.00. The zero-order valence-electron chi connectivity index (χ0n) is 13.6. The highest BCUT2D eigenvalue weighted by Crippen LogP contribution is 2.41. The zero-order valence-corrected chi connectivity index (χ0v) is 14.4. The van der Waals surface area contributed by atoms with Gasteiger partial charge in [0.1, 0.15) is 15.3 Å². The summed E-state index contributed by atoms with van der Waals surface area (Å²) >= 11 is 0.790. The molecule has 0 aliphatic carbocycles. The molecule has 10 heteroatoms. The van der Waals surface area contributed by atoms with Crippen molar-refractivity contribution < 1.29 is 17.9 Å². The van der Waals surface area contributed by atoms with Gasteiger partial charge in [0.05, 0.1) is 23.9 Å². The molecule has 0 aliphatic heterocycles. The number of aromatic nitrogens is 3. The van der Waals surface area contributed by atoms with Crippen molar-refractivity contribution in [2.45, 2.75) is 6.18 Å². The second-order valence-corrected chi connectivity index (χ2v) is 6.68. The minimum Gasteiger partial charge on any atom is -0.497 e. The summed E-state index contributed by atoms with van der Waals surface area (Å²) in [6, 6.07) is 7.38. The summed E-state index contributed by atoms with van der Waals surface area (Å²) in [6.45, 7) is 0. The van der Waals surface area contributed by atoms with Crippen LogP contribution in [0.1, 0.15) is 5.56 Å². The van der Waals surface area contributed by atoms with E-state index in [0.29, 0.717) is 11.3 Å². The van der Waals surface area contributed by atoms with E-state index in [9.17, 15) is 22.8 Å². The zero-order chi connectivity index (χ0) is 19.3. The number of H-pyrrole nitrogens is 2. The number of thiophene rings is 1. The van der Waals surface area contributed by atoms with E-state index in [4.69, 9.17) is 4.74 Å². The number of pyridine rings is 1. The molecule has 0 saturated heterocycles. The molecule has 3 heterocycles. The molecule has 0 unspecified atom stereocenters. The molecule has 4 aromatic rings. The summed E-state index contributed by atoms with van der Waals surface area (Å²) in [5.41, 5.74) is -2.26. The predicted octanol–water partition coefficient (Wildman–Crippen LogP) is 3.52. The average molecular weight is 393 g/mol. The first kappa shape index (κ1) is 17.3. The van der Waals surface area contributed by atoms with Crippen LogP contribution in [0.5, 0.6) is 5.75 Å². The van der Waals surface area contributed by atoms with Gasteiger partial charge in [0.15, 0.2) is 0 Å². The van der Waals surface area contributed by atoms with Gasteiger partial charge < -0.3 is 9.72 Å². The third-order valence-corrected chi connectivity index (χ3v) is 5.09. The van der Waals surface area contributed by atoms with Crippen molar-refractivity contribution in [3.63, 3.8) is 0 Å². The Labute approximate surface area is 152 Å². The fourth-order valence-corrected chi connectivity index (χ4v) is 3.89. The molecule has 4 rings (SSSR count). The Morgan fingerprint density at radius 1 is 1.15 bits per heavy atom. The average Bonchev–Trinajstić information content (AvgIpc) is 2.99. The lowest BCUT2D eigenvalue weighted by Gasteiger charge is -2.11. The molecule has 2 N–H and O–H groups in total. The molecule has 6 nitrogen and oxygen atoms in total. The number of methoxy groups -OCH3 is 1. The minimum absolute atomic E-state index is 0.00462. The van der Waals surface area contributed by atoms with Crippen LogP contribution in [-0.4, -0.2) is 22.1 Å². The van der Waals surface area contributed by atoms with Gasteiger partial charge in [-0.1, -0.05) is 12.1 Å². The standard InChI is InChI=1S/C17H10F3N3O3S/c1-26-8-4-2-3-7(5-8)10-6-9(17(18,19)20)11-12-13(27-15(11)21-10)14(24)23-16(25)22-12/h2-6H,1H3,(H2,22,23,24,25). The Morgan fingerprint density at radius 2 is 1.93 bits per heavy atom. The molecule has 0 bridgehead atoms. The normalized spacial score (nSPS) is 12.0. The van der Waals surface area contributed by atoms with Gasteiger partial charge in [-0.25, -0.2) is 9.78 Å². The molecular weight excluding hydrogens is 383 g/mol. The molecule has 3 aromatic heterocycles. The Kier molecular flexibility index (Phi) is 3.81. The van der Waals surface area contributed by atoms with Crippen LogP contribution in [0.15, 0.2) is 39.9 Å². The monoisotopic (exact) mass is 393 g/mol. The van der Waals surface area contributed by atoms with Crippen LogP contribution < -0.4 is 16.0 Å². The number of rotatable bonds is 2.